The number of carbonyl (C=O) groups is 1. The van der Waals surface area contributed by atoms with E-state index >= 15 is 0 Å². The van der Waals surface area contributed by atoms with Gasteiger partial charge in [-0.2, -0.15) is 0 Å². The third-order valence-corrected chi connectivity index (χ3v) is 3.64. The van der Waals surface area contributed by atoms with Gasteiger partial charge in [0.05, 0.1) is 27.5 Å². The molecule has 0 bridgehead atoms. The number of aromatic nitrogens is 3. The van der Waals surface area contributed by atoms with Crippen molar-refractivity contribution in [1.82, 2.24) is 14.6 Å². The van der Waals surface area contributed by atoms with Crippen molar-refractivity contribution in [2.24, 2.45) is 0 Å². The largest absolute Gasteiger partial charge is 0.493 e. The lowest BCUT2D eigenvalue weighted by atomic mass is 10.2. The van der Waals surface area contributed by atoms with Gasteiger partial charge in [0.15, 0.2) is 23.0 Å². The van der Waals surface area contributed by atoms with Gasteiger partial charge in [-0.25, -0.2) is 14.3 Å². The van der Waals surface area contributed by atoms with E-state index in [9.17, 15) is 4.79 Å². The highest BCUT2D eigenvalue weighted by Gasteiger charge is 2.14. The smallest absolute Gasteiger partial charge is 0.410 e. The molecule has 0 aliphatic heterocycles. The van der Waals surface area contributed by atoms with Gasteiger partial charge in [0, 0.05) is 6.07 Å². The summed E-state index contributed by atoms with van der Waals surface area (Å²) in [6.45, 7) is 0.212. The fourth-order valence-electron chi connectivity index (χ4n) is 2.49. The van der Waals surface area contributed by atoms with Crippen molar-refractivity contribution < 1.29 is 28.8 Å². The third-order valence-electron chi connectivity index (χ3n) is 3.64. The first kappa shape index (κ1) is 18.1. The molecular weight excluding hydrogens is 356 g/mol. The van der Waals surface area contributed by atoms with E-state index in [1.807, 2.05) is 0 Å². The van der Waals surface area contributed by atoms with Crippen LogP contribution in [0.4, 0.5) is 10.6 Å². The van der Waals surface area contributed by atoms with Crippen molar-refractivity contribution in [3.63, 3.8) is 0 Å². The molecule has 0 spiro atoms. The second-order valence-electron chi connectivity index (χ2n) is 5.35. The molecule has 3 rings (SSSR count). The summed E-state index contributed by atoms with van der Waals surface area (Å²) in [6.07, 6.45) is 0.257. The number of anilines is 1. The summed E-state index contributed by atoms with van der Waals surface area (Å²) in [7, 11) is 4.62. The lowest BCUT2D eigenvalue weighted by Gasteiger charge is -2.14. The second-order valence-corrected chi connectivity index (χ2v) is 5.35. The molecule has 1 aromatic carbocycles. The average molecular weight is 374 g/mol. The maximum atomic E-state index is 10.7. The van der Waals surface area contributed by atoms with Gasteiger partial charge >= 0.3 is 6.09 Å². The van der Waals surface area contributed by atoms with Crippen LogP contribution in [0.5, 0.6) is 23.1 Å². The van der Waals surface area contributed by atoms with E-state index < -0.39 is 6.09 Å². The van der Waals surface area contributed by atoms with Gasteiger partial charge in [-0.3, -0.25) is 5.32 Å². The fourth-order valence-corrected chi connectivity index (χ4v) is 2.49. The van der Waals surface area contributed by atoms with Gasteiger partial charge in [0.2, 0.25) is 11.6 Å². The van der Waals surface area contributed by atoms with Crippen LogP contribution in [0.25, 0.3) is 5.65 Å². The molecule has 0 fully saturated rings. The molecule has 142 valence electrons. The number of imidazole rings is 1. The van der Waals surface area contributed by atoms with Crippen LogP contribution in [0.3, 0.4) is 0 Å². The molecule has 3 aromatic rings. The Morgan fingerprint density at radius 3 is 2.44 bits per heavy atom. The van der Waals surface area contributed by atoms with E-state index in [1.165, 1.54) is 17.8 Å². The molecule has 0 aliphatic carbocycles. The SMILES string of the molecule is COc1cc(COc2ccc3nc(NC(=O)O)cn3n2)cc(OC)c1OC. The number of benzene rings is 1. The maximum absolute atomic E-state index is 10.7. The number of fused-ring (bicyclic) bond motifs is 1. The van der Waals surface area contributed by atoms with Crippen LogP contribution in [-0.2, 0) is 6.61 Å². The van der Waals surface area contributed by atoms with Crippen LogP contribution in [0.15, 0.2) is 30.5 Å². The predicted octanol–water partition coefficient (Wildman–Crippen LogP) is 2.42. The molecule has 10 nitrogen and oxygen atoms in total. The minimum Gasteiger partial charge on any atom is -0.493 e. The summed E-state index contributed by atoms with van der Waals surface area (Å²) in [5.74, 6) is 2.07. The number of nitrogens with zero attached hydrogens (tertiary/aromatic N) is 3. The van der Waals surface area contributed by atoms with Crippen LogP contribution in [-0.4, -0.2) is 47.1 Å². The monoisotopic (exact) mass is 374 g/mol. The van der Waals surface area contributed by atoms with Crippen LogP contribution >= 0.6 is 0 Å². The maximum Gasteiger partial charge on any atom is 0.410 e. The Morgan fingerprint density at radius 2 is 1.85 bits per heavy atom. The number of amides is 1. The second kappa shape index (κ2) is 7.68. The van der Waals surface area contributed by atoms with Crippen molar-refractivity contribution in [3.05, 3.63) is 36.0 Å². The number of rotatable bonds is 7. The third kappa shape index (κ3) is 3.94. The Kier molecular flexibility index (Phi) is 5.15. The van der Waals surface area contributed by atoms with E-state index in [4.69, 9.17) is 24.1 Å². The Bertz CT molecular complexity index is 946. The lowest BCUT2D eigenvalue weighted by molar-refractivity contribution is 0.209. The molecule has 2 aromatic heterocycles. The van der Waals surface area contributed by atoms with Gasteiger partial charge in [-0.05, 0) is 23.8 Å². The summed E-state index contributed by atoms with van der Waals surface area (Å²) in [5, 5.41) is 15.2. The minimum absolute atomic E-state index is 0.178. The van der Waals surface area contributed by atoms with E-state index in [1.54, 1.807) is 38.5 Å². The highest BCUT2D eigenvalue weighted by molar-refractivity contribution is 5.81. The van der Waals surface area contributed by atoms with Crippen molar-refractivity contribution in [2.75, 3.05) is 26.6 Å². The van der Waals surface area contributed by atoms with Gasteiger partial charge in [0.1, 0.15) is 6.61 Å². The van der Waals surface area contributed by atoms with Gasteiger partial charge in [-0.15, -0.1) is 5.10 Å². The minimum atomic E-state index is -1.20. The zero-order valence-electron chi connectivity index (χ0n) is 14.9. The predicted molar refractivity (Wildman–Crippen MR) is 95.1 cm³/mol. The van der Waals surface area contributed by atoms with E-state index in [2.05, 4.69) is 15.4 Å². The molecular formula is C17H18N4O6. The van der Waals surface area contributed by atoms with Gasteiger partial charge in [0.25, 0.3) is 0 Å². The van der Waals surface area contributed by atoms with Crippen LogP contribution in [0.1, 0.15) is 5.56 Å². The van der Waals surface area contributed by atoms with E-state index in [0.717, 1.165) is 5.56 Å². The fraction of sp³-hybridized carbons (Fsp3) is 0.235. The zero-order valence-corrected chi connectivity index (χ0v) is 14.9. The molecule has 0 saturated carbocycles. The van der Waals surface area contributed by atoms with Crippen LogP contribution < -0.4 is 24.3 Å². The summed E-state index contributed by atoms with van der Waals surface area (Å²) in [5.41, 5.74) is 1.28. The lowest BCUT2D eigenvalue weighted by Crippen LogP contribution is -2.07. The zero-order chi connectivity index (χ0) is 19.4. The first-order chi connectivity index (χ1) is 13.0. The van der Waals surface area contributed by atoms with Gasteiger partial charge < -0.3 is 24.1 Å². The molecule has 1 amide bonds. The standard InChI is InChI=1S/C17H18N4O6/c1-24-11-6-10(7-12(25-2)16(11)26-3)9-27-15-5-4-14-18-13(19-17(22)23)8-21(14)20-15/h4-8,19H,9H2,1-3H3,(H,22,23). The van der Waals surface area contributed by atoms with Gasteiger partial charge in [-0.1, -0.05) is 0 Å². The average Bonchev–Trinajstić information content (AvgIpc) is 3.05. The Morgan fingerprint density at radius 1 is 1.15 bits per heavy atom. The summed E-state index contributed by atoms with van der Waals surface area (Å²) >= 11 is 0. The molecule has 0 aliphatic rings. The Hall–Kier alpha value is -3.69. The molecule has 2 heterocycles. The topological polar surface area (TPSA) is 116 Å². The Labute approximate surface area is 154 Å². The van der Waals surface area contributed by atoms with Crippen molar-refractivity contribution >= 4 is 17.6 Å². The number of methoxy groups -OCH3 is 3. The van der Waals surface area contributed by atoms with E-state index in [-0.39, 0.29) is 12.4 Å². The summed E-state index contributed by atoms with van der Waals surface area (Å²) < 4.78 is 23.1. The molecule has 27 heavy (non-hydrogen) atoms. The van der Waals surface area contributed by atoms with Crippen molar-refractivity contribution in [1.29, 1.82) is 0 Å². The Balaban J connectivity index is 1.79. The van der Waals surface area contributed by atoms with E-state index in [0.29, 0.717) is 28.8 Å². The number of hydrogen-bond acceptors (Lipinski definition) is 7. The number of ether oxygens (including phenoxy) is 4. The first-order valence-electron chi connectivity index (χ1n) is 7.82. The highest BCUT2D eigenvalue weighted by atomic mass is 16.5. The number of hydrogen-bond donors (Lipinski definition) is 2. The summed E-state index contributed by atoms with van der Waals surface area (Å²) in [6, 6.07) is 6.88. The van der Waals surface area contributed by atoms with Crippen LogP contribution in [0.2, 0.25) is 0 Å². The number of nitrogens with one attached hydrogen (secondary N) is 1. The van der Waals surface area contributed by atoms with Crippen LogP contribution in [0, 0.1) is 0 Å². The molecule has 0 atom stereocenters. The summed E-state index contributed by atoms with van der Waals surface area (Å²) in [4.78, 5) is 14.8. The van der Waals surface area contributed by atoms with Crippen molar-refractivity contribution in [3.8, 4) is 23.1 Å². The molecule has 0 saturated heterocycles. The molecule has 0 unspecified atom stereocenters. The molecule has 10 heteroatoms. The number of carboxylic acid groups (broad SMARTS) is 1. The first-order valence-corrected chi connectivity index (χ1v) is 7.82. The highest BCUT2D eigenvalue weighted by Crippen LogP contribution is 2.38. The quantitative estimate of drug-likeness (QED) is 0.648. The molecule has 2 N–H and O–H groups in total. The van der Waals surface area contributed by atoms with Crippen molar-refractivity contribution in [2.45, 2.75) is 6.61 Å². The molecule has 0 radical (unpaired) electrons. The normalized spacial score (nSPS) is 10.5.